The maximum atomic E-state index is 12.3. The van der Waals surface area contributed by atoms with Gasteiger partial charge >= 0.3 is 5.97 Å². The van der Waals surface area contributed by atoms with Gasteiger partial charge in [0.15, 0.2) is 0 Å². The minimum Gasteiger partial charge on any atom is -0.467 e. The molecule has 0 radical (unpaired) electrons. The van der Waals surface area contributed by atoms with Gasteiger partial charge in [0, 0.05) is 6.54 Å². The number of hydrogen-bond donors (Lipinski definition) is 2. The number of rotatable bonds is 4. The maximum Gasteiger partial charge on any atom is 0.343 e. The van der Waals surface area contributed by atoms with Gasteiger partial charge in [-0.15, -0.1) is 0 Å². The van der Waals surface area contributed by atoms with Gasteiger partial charge in [0.1, 0.15) is 0 Å². The SMILES string of the molecule is COC(=O)C(N)(CN)S(=O)(=O)c1ccc(C)cc1. The predicted octanol–water partition coefficient (Wildman–Crippen LogP) is -0.445. The van der Waals surface area contributed by atoms with Crippen LogP contribution in [0.5, 0.6) is 0 Å². The van der Waals surface area contributed by atoms with Crippen molar-refractivity contribution in [3.05, 3.63) is 29.8 Å². The van der Waals surface area contributed by atoms with Crippen LogP contribution in [0.4, 0.5) is 0 Å². The van der Waals surface area contributed by atoms with Crippen LogP contribution in [0, 0.1) is 6.92 Å². The minimum atomic E-state index is -4.10. The van der Waals surface area contributed by atoms with Crippen LogP contribution in [0.3, 0.4) is 0 Å². The summed E-state index contributed by atoms with van der Waals surface area (Å²) in [4.78, 5) is 9.21. The zero-order chi connectivity index (χ0) is 14.0. The van der Waals surface area contributed by atoms with Crippen molar-refractivity contribution >= 4 is 15.8 Å². The molecule has 18 heavy (non-hydrogen) atoms. The quantitative estimate of drug-likeness (QED) is 0.718. The van der Waals surface area contributed by atoms with Gasteiger partial charge in [-0.05, 0) is 19.1 Å². The molecular weight excluding hydrogens is 256 g/mol. The summed E-state index contributed by atoms with van der Waals surface area (Å²) in [7, 11) is -3.04. The highest BCUT2D eigenvalue weighted by atomic mass is 32.2. The number of ether oxygens (including phenoxy) is 1. The van der Waals surface area contributed by atoms with Gasteiger partial charge in [-0.2, -0.15) is 0 Å². The van der Waals surface area contributed by atoms with Crippen LogP contribution in [-0.4, -0.2) is 32.9 Å². The van der Waals surface area contributed by atoms with Crippen molar-refractivity contribution in [2.75, 3.05) is 13.7 Å². The summed E-state index contributed by atoms with van der Waals surface area (Å²) in [5.41, 5.74) is 11.8. The Morgan fingerprint density at radius 1 is 1.33 bits per heavy atom. The molecular formula is C11H16N2O4S. The topological polar surface area (TPSA) is 112 Å². The standard InChI is InChI=1S/C11H16N2O4S/c1-8-3-5-9(6-4-8)18(15,16)11(13,7-12)10(14)17-2/h3-6H,7,12-13H2,1-2H3. The van der Waals surface area contributed by atoms with E-state index in [4.69, 9.17) is 11.5 Å². The fraction of sp³-hybridized carbons (Fsp3) is 0.364. The maximum absolute atomic E-state index is 12.3. The molecule has 0 amide bonds. The number of hydrogen-bond acceptors (Lipinski definition) is 6. The summed E-state index contributed by atoms with van der Waals surface area (Å²) in [5, 5.41) is 0. The summed E-state index contributed by atoms with van der Waals surface area (Å²) in [6.07, 6.45) is 0. The van der Waals surface area contributed by atoms with Crippen LogP contribution in [0.15, 0.2) is 29.2 Å². The number of benzene rings is 1. The molecule has 6 nitrogen and oxygen atoms in total. The van der Waals surface area contributed by atoms with Crippen molar-refractivity contribution in [1.82, 2.24) is 0 Å². The first-order valence-corrected chi connectivity index (χ1v) is 6.66. The average molecular weight is 272 g/mol. The van der Waals surface area contributed by atoms with E-state index >= 15 is 0 Å². The number of sulfone groups is 1. The molecule has 1 aromatic carbocycles. The Balaban J connectivity index is 3.36. The van der Waals surface area contributed by atoms with Crippen molar-refractivity contribution in [3.8, 4) is 0 Å². The number of methoxy groups -OCH3 is 1. The second-order valence-corrected chi connectivity index (χ2v) is 6.11. The zero-order valence-corrected chi connectivity index (χ0v) is 11.0. The Morgan fingerprint density at radius 2 is 1.83 bits per heavy atom. The molecule has 0 fully saturated rings. The third kappa shape index (κ3) is 2.24. The number of carbonyl (C=O) groups is 1. The summed E-state index contributed by atoms with van der Waals surface area (Å²) < 4.78 is 29.0. The van der Waals surface area contributed by atoms with Crippen LogP contribution in [-0.2, 0) is 19.4 Å². The summed E-state index contributed by atoms with van der Waals surface area (Å²) in [6, 6.07) is 5.98. The highest BCUT2D eigenvalue weighted by Gasteiger charge is 2.48. The lowest BCUT2D eigenvalue weighted by Gasteiger charge is -2.24. The summed E-state index contributed by atoms with van der Waals surface area (Å²) in [6.45, 7) is 1.26. The normalized spacial score (nSPS) is 14.9. The molecule has 1 rings (SSSR count). The molecule has 0 spiro atoms. The molecule has 4 N–H and O–H groups in total. The van der Waals surface area contributed by atoms with E-state index in [1.807, 2.05) is 6.92 Å². The Bertz CT molecular complexity index is 539. The molecule has 1 unspecified atom stereocenters. The molecule has 0 aliphatic carbocycles. The van der Waals surface area contributed by atoms with E-state index < -0.39 is 27.2 Å². The smallest absolute Gasteiger partial charge is 0.343 e. The highest BCUT2D eigenvalue weighted by molar-refractivity contribution is 7.93. The molecule has 0 bridgehead atoms. The molecule has 100 valence electrons. The van der Waals surface area contributed by atoms with Gasteiger partial charge in [-0.3, -0.25) is 0 Å². The lowest BCUT2D eigenvalue weighted by molar-refractivity contribution is -0.143. The van der Waals surface area contributed by atoms with E-state index in [1.54, 1.807) is 12.1 Å². The lowest BCUT2D eigenvalue weighted by Crippen LogP contribution is -2.60. The molecule has 1 aromatic rings. The van der Waals surface area contributed by atoms with Crippen molar-refractivity contribution in [2.24, 2.45) is 11.5 Å². The van der Waals surface area contributed by atoms with Crippen molar-refractivity contribution in [2.45, 2.75) is 16.7 Å². The van der Waals surface area contributed by atoms with E-state index in [-0.39, 0.29) is 4.90 Å². The Kier molecular flexibility index (Phi) is 4.10. The van der Waals surface area contributed by atoms with Gasteiger partial charge in [0.25, 0.3) is 0 Å². The number of nitrogens with two attached hydrogens (primary N) is 2. The first kappa shape index (κ1) is 14.6. The minimum absolute atomic E-state index is 0.0635. The van der Waals surface area contributed by atoms with Crippen LogP contribution < -0.4 is 11.5 Å². The number of aryl methyl sites for hydroxylation is 1. The molecule has 0 saturated heterocycles. The van der Waals surface area contributed by atoms with Crippen LogP contribution in [0.1, 0.15) is 5.56 Å². The Hall–Kier alpha value is -1.44. The van der Waals surface area contributed by atoms with Crippen molar-refractivity contribution in [1.29, 1.82) is 0 Å². The van der Waals surface area contributed by atoms with Crippen LogP contribution in [0.2, 0.25) is 0 Å². The van der Waals surface area contributed by atoms with Crippen molar-refractivity contribution in [3.63, 3.8) is 0 Å². The molecule has 0 aliphatic rings. The van der Waals surface area contributed by atoms with Gasteiger partial charge in [-0.1, -0.05) is 17.7 Å². The second kappa shape index (κ2) is 5.05. The van der Waals surface area contributed by atoms with Crippen LogP contribution >= 0.6 is 0 Å². The third-order valence-corrected chi connectivity index (χ3v) is 4.83. The van der Waals surface area contributed by atoms with Gasteiger partial charge < -0.3 is 16.2 Å². The fourth-order valence-corrected chi connectivity index (χ4v) is 2.84. The molecule has 0 aliphatic heterocycles. The average Bonchev–Trinajstić information content (AvgIpc) is 2.37. The van der Waals surface area contributed by atoms with E-state index in [9.17, 15) is 13.2 Å². The van der Waals surface area contributed by atoms with Gasteiger partial charge in [0.05, 0.1) is 12.0 Å². The molecule has 7 heteroatoms. The van der Waals surface area contributed by atoms with Crippen LogP contribution in [0.25, 0.3) is 0 Å². The van der Waals surface area contributed by atoms with Gasteiger partial charge in [-0.25, -0.2) is 13.2 Å². The summed E-state index contributed by atoms with van der Waals surface area (Å²) >= 11 is 0. The zero-order valence-electron chi connectivity index (χ0n) is 10.2. The molecule has 1 atom stereocenters. The molecule has 0 saturated carbocycles. The summed E-state index contributed by atoms with van der Waals surface area (Å²) in [5.74, 6) is -1.08. The largest absolute Gasteiger partial charge is 0.467 e. The molecule has 0 aromatic heterocycles. The first-order valence-electron chi connectivity index (χ1n) is 5.18. The van der Waals surface area contributed by atoms with E-state index in [0.717, 1.165) is 12.7 Å². The number of carbonyl (C=O) groups excluding carboxylic acids is 1. The van der Waals surface area contributed by atoms with Crippen molar-refractivity contribution < 1.29 is 17.9 Å². The highest BCUT2D eigenvalue weighted by Crippen LogP contribution is 2.22. The van der Waals surface area contributed by atoms with Gasteiger partial charge in [0.2, 0.25) is 14.7 Å². The van der Waals surface area contributed by atoms with E-state index in [1.165, 1.54) is 12.1 Å². The number of esters is 1. The fourth-order valence-electron chi connectivity index (χ4n) is 1.40. The first-order chi connectivity index (χ1) is 8.29. The third-order valence-electron chi connectivity index (χ3n) is 2.64. The second-order valence-electron chi connectivity index (χ2n) is 3.90. The lowest BCUT2D eigenvalue weighted by atomic mass is 10.2. The monoisotopic (exact) mass is 272 g/mol. The predicted molar refractivity (Wildman–Crippen MR) is 66.4 cm³/mol. The van der Waals surface area contributed by atoms with E-state index in [2.05, 4.69) is 4.74 Å². The van der Waals surface area contributed by atoms with E-state index in [0.29, 0.717) is 0 Å². The Morgan fingerprint density at radius 3 is 2.22 bits per heavy atom. The Labute approximate surface area is 106 Å². The molecule has 0 heterocycles.